The van der Waals surface area contributed by atoms with Gasteiger partial charge in [-0.3, -0.25) is 14.4 Å². The minimum Gasteiger partial charge on any atom is -0.462 e. The second-order valence-electron chi connectivity index (χ2n) is 8.92. The van der Waals surface area contributed by atoms with E-state index in [0.717, 1.165) is 23.3 Å². The normalized spacial score (nSPS) is 14.3. The molecule has 0 bridgehead atoms. The van der Waals surface area contributed by atoms with E-state index in [4.69, 9.17) is 21.1 Å². The van der Waals surface area contributed by atoms with Crippen molar-refractivity contribution in [2.75, 3.05) is 18.5 Å². The van der Waals surface area contributed by atoms with E-state index in [-0.39, 0.29) is 25.2 Å². The SMILES string of the molecule is CCOC(=O)c1c(NC(=O)CCC(=O)OCC(=O)c2ccc(Cl)cc2)sc2c1CC[C@@H](c1ccccc1)C2. The van der Waals surface area contributed by atoms with Gasteiger partial charge in [0.1, 0.15) is 5.00 Å². The molecule has 2 aromatic carbocycles. The van der Waals surface area contributed by atoms with Crippen LogP contribution in [0.4, 0.5) is 5.00 Å². The van der Waals surface area contributed by atoms with Crippen LogP contribution in [-0.2, 0) is 31.9 Å². The van der Waals surface area contributed by atoms with Crippen LogP contribution >= 0.6 is 22.9 Å². The quantitative estimate of drug-likeness (QED) is 0.244. The van der Waals surface area contributed by atoms with E-state index in [9.17, 15) is 19.2 Å². The van der Waals surface area contributed by atoms with Gasteiger partial charge in [0.25, 0.3) is 0 Å². The Bertz CT molecular complexity index is 1320. The molecule has 4 rings (SSSR count). The molecule has 0 aliphatic heterocycles. The standard InChI is InChI=1S/C29H28ClNO6S/c1-2-36-29(35)27-22-13-10-20(18-6-4-3-5-7-18)16-24(22)38-28(27)31-25(33)14-15-26(34)37-17-23(32)19-8-11-21(30)12-9-19/h3-9,11-12,20H,2,10,13-17H2,1H3,(H,31,33)/t20-/m1/s1. The van der Waals surface area contributed by atoms with Crippen molar-refractivity contribution in [2.24, 2.45) is 0 Å². The van der Waals surface area contributed by atoms with E-state index in [0.29, 0.717) is 33.5 Å². The third kappa shape index (κ3) is 6.88. The van der Waals surface area contributed by atoms with Crippen LogP contribution in [0, 0.1) is 0 Å². The van der Waals surface area contributed by atoms with Crippen molar-refractivity contribution in [3.63, 3.8) is 0 Å². The summed E-state index contributed by atoms with van der Waals surface area (Å²) in [5.41, 5.74) is 2.96. The molecule has 1 amide bonds. The number of carbonyl (C=O) groups excluding carboxylic acids is 4. The third-order valence-corrected chi connectivity index (χ3v) is 7.78. The number of thiophene rings is 1. The van der Waals surface area contributed by atoms with Crippen LogP contribution in [-0.4, -0.2) is 36.8 Å². The van der Waals surface area contributed by atoms with Crippen LogP contribution in [0.25, 0.3) is 0 Å². The van der Waals surface area contributed by atoms with Crippen molar-refractivity contribution in [1.29, 1.82) is 0 Å². The van der Waals surface area contributed by atoms with E-state index in [1.54, 1.807) is 31.2 Å². The molecule has 198 valence electrons. The van der Waals surface area contributed by atoms with Gasteiger partial charge in [-0.25, -0.2) is 4.79 Å². The Morgan fingerprint density at radius 1 is 1.00 bits per heavy atom. The number of hydrogen-bond donors (Lipinski definition) is 1. The molecule has 0 saturated carbocycles. The number of Topliss-reactive ketones (excluding diaryl/α,β-unsaturated/α-hetero) is 1. The second kappa shape index (κ2) is 12.8. The van der Waals surface area contributed by atoms with Crippen molar-refractivity contribution in [3.05, 3.63) is 86.8 Å². The summed E-state index contributed by atoms with van der Waals surface area (Å²) in [5, 5.41) is 3.75. The first-order valence-electron chi connectivity index (χ1n) is 12.5. The summed E-state index contributed by atoms with van der Waals surface area (Å²) < 4.78 is 10.3. The fraction of sp³-hybridized carbons (Fsp3) is 0.310. The van der Waals surface area contributed by atoms with Gasteiger partial charge in [-0.05, 0) is 67.5 Å². The smallest absolute Gasteiger partial charge is 0.341 e. The number of benzene rings is 2. The molecule has 38 heavy (non-hydrogen) atoms. The maximum absolute atomic E-state index is 12.8. The lowest BCUT2D eigenvalue weighted by atomic mass is 9.83. The average Bonchev–Trinajstić information content (AvgIpc) is 3.28. The van der Waals surface area contributed by atoms with Crippen molar-refractivity contribution >= 4 is 51.6 Å². The number of anilines is 1. The minimum atomic E-state index is -0.663. The van der Waals surface area contributed by atoms with Gasteiger partial charge in [-0.15, -0.1) is 11.3 Å². The van der Waals surface area contributed by atoms with Crippen LogP contribution < -0.4 is 5.32 Å². The largest absolute Gasteiger partial charge is 0.462 e. The Labute approximate surface area is 230 Å². The molecule has 0 spiro atoms. The lowest BCUT2D eigenvalue weighted by Crippen LogP contribution is -2.19. The first kappa shape index (κ1) is 27.5. The maximum Gasteiger partial charge on any atom is 0.341 e. The molecule has 1 aliphatic rings. The van der Waals surface area contributed by atoms with Gasteiger partial charge in [-0.1, -0.05) is 41.9 Å². The van der Waals surface area contributed by atoms with E-state index < -0.39 is 24.5 Å². The van der Waals surface area contributed by atoms with Gasteiger partial charge >= 0.3 is 11.9 Å². The van der Waals surface area contributed by atoms with Crippen LogP contribution in [0.5, 0.6) is 0 Å². The second-order valence-corrected chi connectivity index (χ2v) is 10.5. The average molecular weight is 554 g/mol. The van der Waals surface area contributed by atoms with Gasteiger partial charge in [-0.2, -0.15) is 0 Å². The molecule has 1 N–H and O–H groups in total. The third-order valence-electron chi connectivity index (χ3n) is 6.36. The molecule has 0 unspecified atom stereocenters. The van der Waals surface area contributed by atoms with Gasteiger partial charge < -0.3 is 14.8 Å². The highest BCUT2D eigenvalue weighted by Crippen LogP contribution is 2.42. The van der Waals surface area contributed by atoms with Crippen molar-refractivity contribution in [1.82, 2.24) is 0 Å². The Balaban J connectivity index is 1.36. The van der Waals surface area contributed by atoms with Gasteiger partial charge in [0.2, 0.25) is 5.91 Å². The zero-order valence-electron chi connectivity index (χ0n) is 21.0. The van der Waals surface area contributed by atoms with Crippen LogP contribution in [0.2, 0.25) is 5.02 Å². The van der Waals surface area contributed by atoms with E-state index >= 15 is 0 Å². The van der Waals surface area contributed by atoms with E-state index in [2.05, 4.69) is 17.4 Å². The van der Waals surface area contributed by atoms with E-state index in [1.807, 2.05) is 18.2 Å². The molecule has 3 aromatic rings. The number of nitrogens with one attached hydrogen (secondary N) is 1. The Kier molecular flexibility index (Phi) is 9.31. The monoisotopic (exact) mass is 553 g/mol. The molecule has 1 heterocycles. The van der Waals surface area contributed by atoms with Gasteiger partial charge in [0.15, 0.2) is 12.4 Å². The van der Waals surface area contributed by atoms with Gasteiger partial charge in [0, 0.05) is 21.9 Å². The summed E-state index contributed by atoms with van der Waals surface area (Å²) in [6.45, 7) is 1.54. The van der Waals surface area contributed by atoms with Crippen molar-refractivity contribution < 1.29 is 28.7 Å². The lowest BCUT2D eigenvalue weighted by molar-refractivity contribution is -0.143. The predicted molar refractivity (Wildman–Crippen MR) is 146 cm³/mol. The Morgan fingerprint density at radius 3 is 2.45 bits per heavy atom. The lowest BCUT2D eigenvalue weighted by Gasteiger charge is -2.23. The number of amides is 1. The molecule has 0 fully saturated rings. The summed E-state index contributed by atoms with van der Waals surface area (Å²) in [7, 11) is 0. The van der Waals surface area contributed by atoms with Crippen LogP contribution in [0.1, 0.15) is 68.8 Å². The maximum atomic E-state index is 12.8. The number of ketones is 1. The molecule has 1 atom stereocenters. The number of rotatable bonds is 10. The first-order chi connectivity index (χ1) is 18.4. The predicted octanol–water partition coefficient (Wildman–Crippen LogP) is 6.00. The fourth-order valence-electron chi connectivity index (χ4n) is 4.44. The molecular formula is C29H28ClNO6S. The minimum absolute atomic E-state index is 0.147. The summed E-state index contributed by atoms with van der Waals surface area (Å²) >= 11 is 7.20. The van der Waals surface area contributed by atoms with Crippen molar-refractivity contribution in [3.8, 4) is 0 Å². The number of halogens is 1. The first-order valence-corrected chi connectivity index (χ1v) is 13.7. The van der Waals surface area contributed by atoms with Gasteiger partial charge in [0.05, 0.1) is 18.6 Å². The molecule has 9 heteroatoms. The summed E-state index contributed by atoms with van der Waals surface area (Å²) in [5.74, 6) is -1.57. The number of ether oxygens (including phenoxy) is 2. The molecule has 0 radical (unpaired) electrons. The summed E-state index contributed by atoms with van der Waals surface area (Å²) in [4.78, 5) is 50.9. The van der Waals surface area contributed by atoms with Crippen LogP contribution in [0.15, 0.2) is 54.6 Å². The van der Waals surface area contributed by atoms with E-state index in [1.165, 1.54) is 16.9 Å². The summed E-state index contributed by atoms with van der Waals surface area (Å²) in [6.07, 6.45) is 2.04. The molecule has 0 saturated heterocycles. The fourth-order valence-corrected chi connectivity index (χ4v) is 5.90. The number of carbonyl (C=O) groups is 4. The molecule has 1 aliphatic carbocycles. The van der Waals surface area contributed by atoms with Crippen molar-refractivity contribution in [2.45, 2.75) is 44.9 Å². The topological polar surface area (TPSA) is 98.8 Å². The molecule has 7 nitrogen and oxygen atoms in total. The highest BCUT2D eigenvalue weighted by Gasteiger charge is 2.31. The number of hydrogen-bond acceptors (Lipinski definition) is 7. The Morgan fingerprint density at radius 2 is 1.74 bits per heavy atom. The zero-order valence-corrected chi connectivity index (χ0v) is 22.5. The molecular weight excluding hydrogens is 526 g/mol. The number of fused-ring (bicyclic) bond motifs is 1. The number of esters is 2. The highest BCUT2D eigenvalue weighted by atomic mass is 35.5. The summed E-state index contributed by atoms with van der Waals surface area (Å²) in [6, 6.07) is 16.5. The highest BCUT2D eigenvalue weighted by molar-refractivity contribution is 7.17. The zero-order chi connectivity index (χ0) is 27.1. The molecule has 1 aromatic heterocycles. The van der Waals surface area contributed by atoms with Crippen LogP contribution in [0.3, 0.4) is 0 Å². The Hall–Kier alpha value is -3.49.